The number of para-hydroxylation sites is 1. The van der Waals surface area contributed by atoms with Gasteiger partial charge in [0.05, 0.1) is 16.6 Å². The Kier molecular flexibility index (Phi) is 5.76. The summed E-state index contributed by atoms with van der Waals surface area (Å²) >= 11 is 6.24. The second-order valence-corrected chi connectivity index (χ2v) is 6.78. The van der Waals surface area contributed by atoms with E-state index in [1.54, 1.807) is 42.5 Å². The summed E-state index contributed by atoms with van der Waals surface area (Å²) in [7, 11) is 0. The third-order valence-electron chi connectivity index (χ3n) is 4.59. The summed E-state index contributed by atoms with van der Waals surface area (Å²) in [4.78, 5) is 37.9. The van der Waals surface area contributed by atoms with E-state index in [1.165, 1.54) is 0 Å². The molecule has 27 heavy (non-hydrogen) atoms. The van der Waals surface area contributed by atoms with Crippen molar-refractivity contribution >= 4 is 35.1 Å². The van der Waals surface area contributed by atoms with Crippen LogP contribution in [0.4, 0.5) is 10.5 Å². The van der Waals surface area contributed by atoms with Crippen LogP contribution in [0, 0.1) is 0 Å². The number of halogens is 1. The molecule has 0 saturated carbocycles. The SMILES string of the molecule is O=C(Nc1ccccc1)c1c(Cl)cccc1CC(=O)[C@@H]1CCCN1C(=O)O. The fraction of sp³-hybridized carbons (Fsp3) is 0.250. The predicted octanol–water partition coefficient (Wildman–Crippen LogP) is 3.85. The number of nitrogens with zero attached hydrogens (tertiary/aromatic N) is 1. The van der Waals surface area contributed by atoms with Gasteiger partial charge < -0.3 is 10.4 Å². The Labute approximate surface area is 161 Å². The molecule has 0 aromatic heterocycles. The molecule has 140 valence electrons. The Bertz CT molecular complexity index is 870. The molecule has 2 N–H and O–H groups in total. The van der Waals surface area contributed by atoms with Gasteiger partial charge in [-0.3, -0.25) is 14.5 Å². The Hall–Kier alpha value is -2.86. The third kappa shape index (κ3) is 4.28. The van der Waals surface area contributed by atoms with E-state index in [4.69, 9.17) is 11.6 Å². The van der Waals surface area contributed by atoms with E-state index in [9.17, 15) is 19.5 Å². The molecule has 1 heterocycles. The first-order chi connectivity index (χ1) is 13.0. The molecule has 3 rings (SSSR count). The average molecular weight is 387 g/mol. The molecule has 2 aromatic rings. The number of carboxylic acid groups (broad SMARTS) is 1. The average Bonchev–Trinajstić information content (AvgIpc) is 3.13. The summed E-state index contributed by atoms with van der Waals surface area (Å²) < 4.78 is 0. The molecule has 0 unspecified atom stereocenters. The zero-order chi connectivity index (χ0) is 19.4. The second kappa shape index (κ2) is 8.22. The van der Waals surface area contributed by atoms with Gasteiger partial charge in [0.15, 0.2) is 5.78 Å². The van der Waals surface area contributed by atoms with Crippen LogP contribution in [0.1, 0.15) is 28.8 Å². The summed E-state index contributed by atoms with van der Waals surface area (Å²) in [5.74, 6) is -0.637. The molecule has 1 aliphatic heterocycles. The fourth-order valence-corrected chi connectivity index (χ4v) is 3.60. The van der Waals surface area contributed by atoms with Crippen LogP contribution < -0.4 is 5.32 Å². The lowest BCUT2D eigenvalue weighted by atomic mass is 9.97. The van der Waals surface area contributed by atoms with Crippen LogP contribution in [0.25, 0.3) is 0 Å². The van der Waals surface area contributed by atoms with Crippen LogP contribution in [-0.4, -0.2) is 40.4 Å². The lowest BCUT2D eigenvalue weighted by Gasteiger charge is -2.21. The molecular formula is C20H19ClN2O4. The number of nitrogens with one attached hydrogen (secondary N) is 1. The first-order valence-corrected chi connectivity index (χ1v) is 9.01. The van der Waals surface area contributed by atoms with Gasteiger partial charge in [-0.05, 0) is 36.6 Å². The molecule has 6 nitrogen and oxygen atoms in total. The minimum Gasteiger partial charge on any atom is -0.465 e. The molecule has 7 heteroatoms. The summed E-state index contributed by atoms with van der Waals surface area (Å²) in [6, 6.07) is 13.2. The standard InChI is InChI=1S/C20H19ClN2O4/c21-15-9-4-6-13(12-17(24)16-10-5-11-23(16)20(26)27)18(15)19(25)22-14-7-2-1-3-8-14/h1-4,6-9,16H,5,10-12H2,(H,22,25)(H,26,27)/t16-/m0/s1. The number of amides is 2. The Balaban J connectivity index is 1.82. The highest BCUT2D eigenvalue weighted by atomic mass is 35.5. The predicted molar refractivity (Wildman–Crippen MR) is 102 cm³/mol. The molecule has 2 aromatic carbocycles. The zero-order valence-corrected chi connectivity index (χ0v) is 15.3. The number of Topliss-reactive ketones (excluding diaryl/α,β-unsaturated/α-hetero) is 1. The van der Waals surface area contributed by atoms with Crippen molar-refractivity contribution in [1.29, 1.82) is 0 Å². The molecule has 0 aliphatic carbocycles. The van der Waals surface area contributed by atoms with Crippen LogP contribution in [-0.2, 0) is 11.2 Å². The van der Waals surface area contributed by atoms with Crippen LogP contribution in [0.5, 0.6) is 0 Å². The monoisotopic (exact) mass is 386 g/mol. The zero-order valence-electron chi connectivity index (χ0n) is 14.5. The highest BCUT2D eigenvalue weighted by Gasteiger charge is 2.34. The van der Waals surface area contributed by atoms with E-state index in [1.807, 2.05) is 6.07 Å². The Morgan fingerprint density at radius 3 is 2.56 bits per heavy atom. The largest absolute Gasteiger partial charge is 0.465 e. The molecule has 2 amide bonds. The Morgan fingerprint density at radius 1 is 1.11 bits per heavy atom. The van der Waals surface area contributed by atoms with Crippen molar-refractivity contribution in [2.45, 2.75) is 25.3 Å². The maximum Gasteiger partial charge on any atom is 0.407 e. The van der Waals surface area contributed by atoms with Gasteiger partial charge in [-0.2, -0.15) is 0 Å². The Morgan fingerprint density at radius 2 is 1.85 bits per heavy atom. The third-order valence-corrected chi connectivity index (χ3v) is 4.91. The van der Waals surface area contributed by atoms with Crippen molar-refractivity contribution in [3.05, 3.63) is 64.7 Å². The number of hydrogen-bond donors (Lipinski definition) is 2. The number of likely N-dealkylation sites (tertiary alicyclic amines) is 1. The van der Waals surface area contributed by atoms with Gasteiger partial charge in [-0.25, -0.2) is 4.79 Å². The number of benzene rings is 2. The van der Waals surface area contributed by atoms with Crippen molar-refractivity contribution in [1.82, 2.24) is 4.90 Å². The van der Waals surface area contributed by atoms with E-state index in [-0.39, 0.29) is 22.8 Å². The number of rotatable bonds is 5. The normalized spacial score (nSPS) is 16.2. The van der Waals surface area contributed by atoms with E-state index in [2.05, 4.69) is 5.32 Å². The van der Waals surface area contributed by atoms with E-state index in [0.717, 1.165) is 4.90 Å². The topological polar surface area (TPSA) is 86.7 Å². The van der Waals surface area contributed by atoms with Crippen LogP contribution in [0.3, 0.4) is 0 Å². The molecule has 1 aliphatic rings. The van der Waals surface area contributed by atoms with Gasteiger partial charge in [-0.1, -0.05) is 41.9 Å². The van der Waals surface area contributed by atoms with Gasteiger partial charge in [0.1, 0.15) is 0 Å². The molecule has 1 fully saturated rings. The second-order valence-electron chi connectivity index (χ2n) is 6.37. The van der Waals surface area contributed by atoms with Crippen molar-refractivity contribution in [3.8, 4) is 0 Å². The minimum absolute atomic E-state index is 0.0491. The van der Waals surface area contributed by atoms with Crippen molar-refractivity contribution in [2.75, 3.05) is 11.9 Å². The highest BCUT2D eigenvalue weighted by Crippen LogP contribution is 2.25. The number of carbonyl (C=O) groups is 3. The molecular weight excluding hydrogens is 368 g/mol. The van der Waals surface area contributed by atoms with Crippen LogP contribution in [0.2, 0.25) is 5.02 Å². The number of carbonyl (C=O) groups excluding carboxylic acids is 2. The summed E-state index contributed by atoms with van der Waals surface area (Å²) in [6.45, 7) is 0.350. The van der Waals surface area contributed by atoms with E-state index in [0.29, 0.717) is 30.6 Å². The summed E-state index contributed by atoms with van der Waals surface area (Å²) in [5.41, 5.74) is 1.34. The van der Waals surface area contributed by atoms with Gasteiger partial charge in [0, 0.05) is 18.7 Å². The smallest absolute Gasteiger partial charge is 0.407 e. The van der Waals surface area contributed by atoms with E-state index >= 15 is 0 Å². The number of anilines is 1. The quantitative estimate of drug-likeness (QED) is 0.817. The molecule has 1 atom stereocenters. The molecule has 0 spiro atoms. The molecule has 0 radical (unpaired) electrons. The van der Waals surface area contributed by atoms with Gasteiger partial charge >= 0.3 is 6.09 Å². The molecule has 1 saturated heterocycles. The summed E-state index contributed by atoms with van der Waals surface area (Å²) in [5, 5.41) is 12.3. The van der Waals surface area contributed by atoms with Gasteiger partial charge in [0.25, 0.3) is 5.91 Å². The lowest BCUT2D eigenvalue weighted by molar-refractivity contribution is -0.122. The fourth-order valence-electron chi connectivity index (χ4n) is 3.32. The van der Waals surface area contributed by atoms with Crippen molar-refractivity contribution in [2.24, 2.45) is 0 Å². The van der Waals surface area contributed by atoms with Crippen molar-refractivity contribution < 1.29 is 19.5 Å². The molecule has 0 bridgehead atoms. The highest BCUT2D eigenvalue weighted by molar-refractivity contribution is 6.34. The first kappa shape index (κ1) is 18.9. The number of ketones is 1. The summed E-state index contributed by atoms with van der Waals surface area (Å²) in [6.07, 6.45) is 0.00243. The maximum atomic E-state index is 12.7. The van der Waals surface area contributed by atoms with Gasteiger partial charge in [-0.15, -0.1) is 0 Å². The van der Waals surface area contributed by atoms with Crippen LogP contribution in [0.15, 0.2) is 48.5 Å². The van der Waals surface area contributed by atoms with Crippen LogP contribution >= 0.6 is 11.6 Å². The van der Waals surface area contributed by atoms with E-state index < -0.39 is 18.0 Å². The number of hydrogen-bond acceptors (Lipinski definition) is 3. The van der Waals surface area contributed by atoms with Gasteiger partial charge in [0.2, 0.25) is 0 Å². The minimum atomic E-state index is -1.10. The van der Waals surface area contributed by atoms with Crippen molar-refractivity contribution in [3.63, 3.8) is 0 Å². The first-order valence-electron chi connectivity index (χ1n) is 8.63. The lowest BCUT2D eigenvalue weighted by Crippen LogP contribution is -2.40. The maximum absolute atomic E-state index is 12.7.